The molecular weight excluding hydrogens is 587 g/mol. The van der Waals surface area contributed by atoms with Crippen LogP contribution in [0.5, 0.6) is 0 Å². The summed E-state index contributed by atoms with van der Waals surface area (Å²) in [4.78, 5) is 2.29. The Balaban J connectivity index is 1.27. The van der Waals surface area contributed by atoms with Gasteiger partial charge in [0.15, 0.2) is 8.07 Å². The molecular formula is C44H33NOSi. The zero-order valence-electron chi connectivity index (χ0n) is 25.9. The Kier molecular flexibility index (Phi) is 7.58. The van der Waals surface area contributed by atoms with Crippen molar-refractivity contribution in [3.05, 3.63) is 199 Å². The number of hydrogen-bond acceptors (Lipinski definition) is 2. The Hall–Kier alpha value is -5.90. The van der Waals surface area contributed by atoms with E-state index in [0.717, 1.165) is 44.6 Å². The van der Waals surface area contributed by atoms with Crippen molar-refractivity contribution < 1.29 is 4.42 Å². The number of anilines is 3. The first-order chi connectivity index (χ1) is 23.3. The first kappa shape index (κ1) is 28.6. The topological polar surface area (TPSA) is 16.4 Å². The maximum Gasteiger partial charge on any atom is 0.172 e. The second kappa shape index (κ2) is 12.5. The zero-order chi connectivity index (χ0) is 31.5. The van der Waals surface area contributed by atoms with Crippen LogP contribution >= 0.6 is 0 Å². The van der Waals surface area contributed by atoms with Crippen LogP contribution in [0.2, 0.25) is 0 Å². The van der Waals surface area contributed by atoms with Gasteiger partial charge in [-0.2, -0.15) is 0 Å². The van der Waals surface area contributed by atoms with Gasteiger partial charge in [-0.3, -0.25) is 0 Å². The van der Waals surface area contributed by atoms with Crippen LogP contribution in [0.4, 0.5) is 17.1 Å². The second-order valence-corrected chi connectivity index (χ2v) is 15.5. The maximum absolute atomic E-state index is 6.37. The molecule has 47 heavy (non-hydrogen) atoms. The number of fused-ring (bicyclic) bond motifs is 3. The Morgan fingerprint density at radius 1 is 0.404 bits per heavy atom. The van der Waals surface area contributed by atoms with E-state index in [1.54, 1.807) is 0 Å². The number of hydrogen-bond donors (Lipinski definition) is 0. The molecule has 1 aromatic heterocycles. The fraction of sp³-hybridized carbons (Fsp3) is 0. The predicted molar refractivity (Wildman–Crippen MR) is 201 cm³/mol. The Morgan fingerprint density at radius 3 is 1.32 bits per heavy atom. The predicted octanol–water partition coefficient (Wildman–Crippen LogP) is 9.78. The van der Waals surface area contributed by atoms with Crippen LogP contribution in [0.1, 0.15) is 5.56 Å². The second-order valence-electron chi connectivity index (χ2n) is 11.8. The fourth-order valence-corrected chi connectivity index (χ4v) is 10.9. The monoisotopic (exact) mass is 619 g/mol. The first-order valence-corrected chi connectivity index (χ1v) is 18.1. The van der Waals surface area contributed by atoms with Gasteiger partial charge in [0.2, 0.25) is 0 Å². The third-order valence-electron chi connectivity index (χ3n) is 8.98. The highest BCUT2D eigenvalue weighted by molar-refractivity contribution is 7.15. The lowest BCUT2D eigenvalue weighted by Gasteiger charge is -2.30. The van der Waals surface area contributed by atoms with Crippen molar-refractivity contribution in [3.63, 3.8) is 0 Å². The molecule has 0 spiro atoms. The minimum Gasteiger partial charge on any atom is -0.456 e. The molecule has 2 nitrogen and oxygen atoms in total. The summed E-state index contributed by atoms with van der Waals surface area (Å²) in [7, 11) is -2.52. The number of benzene rings is 7. The van der Waals surface area contributed by atoms with Crippen molar-refractivity contribution in [2.24, 2.45) is 0 Å². The first-order valence-electron chi connectivity index (χ1n) is 16.0. The van der Waals surface area contributed by atoms with E-state index in [1.165, 1.54) is 15.6 Å². The average molecular weight is 620 g/mol. The molecule has 0 bridgehead atoms. The van der Waals surface area contributed by atoms with Gasteiger partial charge in [0, 0.05) is 27.8 Å². The summed E-state index contributed by atoms with van der Waals surface area (Å²) < 4.78 is 6.37. The lowest BCUT2D eigenvalue weighted by atomic mass is 10.1. The molecule has 8 rings (SSSR count). The van der Waals surface area contributed by atoms with Crippen LogP contribution in [0.15, 0.2) is 198 Å². The lowest BCUT2D eigenvalue weighted by molar-refractivity contribution is 0.669. The minimum atomic E-state index is -2.52. The highest BCUT2D eigenvalue weighted by Gasteiger charge is 2.36. The number of nitrogens with zero attached hydrogens (tertiary/aromatic N) is 1. The van der Waals surface area contributed by atoms with Gasteiger partial charge >= 0.3 is 0 Å². The Morgan fingerprint density at radius 2 is 0.830 bits per heavy atom. The molecule has 8 aromatic rings. The van der Waals surface area contributed by atoms with Crippen LogP contribution in [0.3, 0.4) is 0 Å². The van der Waals surface area contributed by atoms with Crippen LogP contribution in [0.25, 0.3) is 28.0 Å². The maximum atomic E-state index is 6.37. The Bertz CT molecular complexity index is 2140. The number of furan rings is 1. The smallest absolute Gasteiger partial charge is 0.172 e. The summed E-state index contributed by atoms with van der Waals surface area (Å²) in [6.07, 6.45) is 2.32. The molecule has 3 heteroatoms. The summed E-state index contributed by atoms with van der Waals surface area (Å²) in [6.45, 7) is 0. The van der Waals surface area contributed by atoms with Crippen molar-refractivity contribution in [2.75, 3.05) is 4.90 Å². The van der Waals surface area contributed by atoms with Gasteiger partial charge in [-0.1, -0.05) is 145 Å². The highest BCUT2D eigenvalue weighted by atomic mass is 28.3. The van der Waals surface area contributed by atoms with Crippen LogP contribution in [-0.2, 0) is 0 Å². The van der Waals surface area contributed by atoms with E-state index in [1.807, 2.05) is 0 Å². The summed E-state index contributed by atoms with van der Waals surface area (Å²) >= 11 is 0. The molecule has 0 aliphatic carbocycles. The molecule has 1 heterocycles. The summed E-state index contributed by atoms with van der Waals surface area (Å²) in [6, 6.07) is 67.1. The molecule has 0 saturated heterocycles. The number of rotatable bonds is 8. The van der Waals surface area contributed by atoms with Crippen LogP contribution in [0, 0.1) is 0 Å². The van der Waals surface area contributed by atoms with E-state index in [0.29, 0.717) is 0 Å². The normalized spacial score (nSPS) is 11.7. The summed E-state index contributed by atoms with van der Waals surface area (Å²) in [5.74, 6) is 0. The molecule has 0 saturated carbocycles. The van der Waals surface area contributed by atoms with E-state index in [9.17, 15) is 0 Å². The molecule has 0 amide bonds. The van der Waals surface area contributed by atoms with Crippen LogP contribution in [-0.4, -0.2) is 8.07 Å². The molecule has 224 valence electrons. The SMILES string of the molecule is C(=C[Si](c1ccccc1)(c1ccccc1)c1ccccc1)c1ccc2oc3ccc(N(c4ccccc4)c4ccccc4)cc3c2c1. The quantitative estimate of drug-likeness (QED) is 0.124. The molecule has 0 aliphatic rings. The van der Waals surface area contributed by atoms with Crippen LogP contribution < -0.4 is 20.5 Å². The van der Waals surface area contributed by atoms with Gasteiger partial charge in [0.1, 0.15) is 11.2 Å². The summed E-state index contributed by atoms with van der Waals surface area (Å²) in [5, 5.41) is 6.28. The van der Waals surface area contributed by atoms with Crippen molar-refractivity contribution in [3.8, 4) is 0 Å². The molecule has 0 N–H and O–H groups in total. The number of para-hydroxylation sites is 2. The fourth-order valence-electron chi connectivity index (χ4n) is 6.74. The average Bonchev–Trinajstić information content (AvgIpc) is 3.52. The molecule has 0 aliphatic heterocycles. The Labute approximate surface area is 276 Å². The van der Waals surface area contributed by atoms with Gasteiger partial charge < -0.3 is 9.32 Å². The molecule has 0 unspecified atom stereocenters. The minimum absolute atomic E-state index is 0.882. The van der Waals surface area contributed by atoms with E-state index in [-0.39, 0.29) is 0 Å². The molecule has 0 fully saturated rings. The standard InChI is InChI=1S/C44H33NOSi/c1-6-16-35(17-7-1)45(36-18-8-2-9-19-36)37-27-29-44-42(33-37)41-32-34(26-28-43(41)46-44)30-31-47(38-20-10-3-11-21-38,39-22-12-4-13-23-39)40-24-14-5-15-25-40/h1-33H. The largest absolute Gasteiger partial charge is 0.456 e. The van der Waals surface area contributed by atoms with Crippen molar-refractivity contribution in [2.45, 2.75) is 0 Å². The van der Waals surface area contributed by atoms with Gasteiger partial charge in [0.05, 0.1) is 0 Å². The van der Waals surface area contributed by atoms with Gasteiger partial charge in [-0.25, -0.2) is 0 Å². The zero-order valence-corrected chi connectivity index (χ0v) is 26.9. The van der Waals surface area contributed by atoms with Crippen molar-refractivity contribution in [1.82, 2.24) is 0 Å². The third-order valence-corrected chi connectivity index (χ3v) is 13.4. The summed E-state index contributed by atoms with van der Waals surface area (Å²) in [5.41, 5.74) is 8.71. The molecule has 0 atom stereocenters. The van der Waals surface area contributed by atoms with E-state index in [2.05, 4.69) is 205 Å². The van der Waals surface area contributed by atoms with Gasteiger partial charge in [0.25, 0.3) is 0 Å². The van der Waals surface area contributed by atoms with E-state index >= 15 is 0 Å². The molecule has 7 aromatic carbocycles. The van der Waals surface area contributed by atoms with Crippen molar-refractivity contribution >= 4 is 68.7 Å². The van der Waals surface area contributed by atoms with Gasteiger partial charge in [-0.15, -0.1) is 0 Å². The molecule has 0 radical (unpaired) electrons. The van der Waals surface area contributed by atoms with E-state index in [4.69, 9.17) is 4.42 Å². The van der Waals surface area contributed by atoms with E-state index < -0.39 is 8.07 Å². The third kappa shape index (κ3) is 5.37. The lowest BCUT2D eigenvalue weighted by Crippen LogP contribution is -2.66. The van der Waals surface area contributed by atoms with Crippen molar-refractivity contribution in [1.29, 1.82) is 0 Å². The highest BCUT2D eigenvalue weighted by Crippen LogP contribution is 2.38. The van der Waals surface area contributed by atoms with Gasteiger partial charge in [-0.05, 0) is 75.7 Å².